The number of carbonyl (C=O) groups excluding carboxylic acids is 1. The lowest BCUT2D eigenvalue weighted by Gasteiger charge is -2.20. The molecule has 0 aliphatic rings. The summed E-state index contributed by atoms with van der Waals surface area (Å²) in [5, 5.41) is 12.0. The predicted octanol–water partition coefficient (Wildman–Crippen LogP) is 3.14. The Kier molecular flexibility index (Phi) is 9.18. The molecule has 0 spiro atoms. The largest absolute Gasteiger partial charge is 0.395 e. The van der Waals surface area contributed by atoms with Crippen LogP contribution in [0.5, 0.6) is 0 Å². The molecule has 0 fully saturated rings. The zero-order chi connectivity index (χ0) is 15.1. The van der Waals surface area contributed by atoms with Crippen LogP contribution in [-0.2, 0) is 4.79 Å². The van der Waals surface area contributed by atoms with E-state index < -0.39 is 0 Å². The second-order valence-electron chi connectivity index (χ2n) is 4.29. The highest BCUT2D eigenvalue weighted by molar-refractivity contribution is 14.1. The van der Waals surface area contributed by atoms with E-state index in [-0.39, 0.29) is 12.5 Å². The van der Waals surface area contributed by atoms with E-state index >= 15 is 0 Å². The molecule has 1 aromatic rings. The fraction of sp³-hybridized carbons (Fsp3) is 0.462. The van der Waals surface area contributed by atoms with Gasteiger partial charge in [0.15, 0.2) is 0 Å². The molecular weight excluding hydrogens is 597 g/mol. The maximum Gasteiger partial charge on any atom is 0.238 e. The van der Waals surface area contributed by atoms with Crippen molar-refractivity contribution in [1.82, 2.24) is 4.90 Å². The average Bonchev–Trinajstić information content (AvgIpc) is 2.34. The van der Waals surface area contributed by atoms with Gasteiger partial charge in [0, 0.05) is 17.3 Å². The van der Waals surface area contributed by atoms with E-state index in [0.29, 0.717) is 13.1 Å². The van der Waals surface area contributed by atoms with Crippen LogP contribution in [0.25, 0.3) is 0 Å². The summed E-state index contributed by atoms with van der Waals surface area (Å²) in [7, 11) is 0. The van der Waals surface area contributed by atoms with E-state index in [4.69, 9.17) is 5.11 Å². The summed E-state index contributed by atoms with van der Waals surface area (Å²) in [5.74, 6) is -0.0380. The highest BCUT2D eigenvalue weighted by Crippen LogP contribution is 2.27. The fourth-order valence-electron chi connectivity index (χ4n) is 1.77. The van der Waals surface area contributed by atoms with E-state index in [1.165, 1.54) is 0 Å². The third kappa shape index (κ3) is 6.28. The van der Waals surface area contributed by atoms with Crippen molar-refractivity contribution in [2.24, 2.45) is 0 Å². The summed E-state index contributed by atoms with van der Waals surface area (Å²) in [4.78, 5) is 14.1. The molecule has 1 rings (SSSR count). The van der Waals surface area contributed by atoms with Crippen molar-refractivity contribution in [1.29, 1.82) is 0 Å². The first-order chi connectivity index (χ1) is 9.47. The number of carbonyl (C=O) groups is 1. The lowest BCUT2D eigenvalue weighted by Crippen LogP contribution is -2.36. The quantitative estimate of drug-likeness (QED) is 0.465. The Bertz CT molecular complexity index is 440. The van der Waals surface area contributed by atoms with E-state index in [9.17, 15) is 4.79 Å². The number of halogens is 3. The summed E-state index contributed by atoms with van der Waals surface area (Å²) in [6.07, 6.45) is 0.964. The van der Waals surface area contributed by atoms with Gasteiger partial charge in [-0.1, -0.05) is 6.92 Å². The molecule has 20 heavy (non-hydrogen) atoms. The molecular formula is C13H17I3N2O2. The van der Waals surface area contributed by atoms with Gasteiger partial charge < -0.3 is 10.4 Å². The van der Waals surface area contributed by atoms with Crippen LogP contribution < -0.4 is 5.32 Å². The van der Waals surface area contributed by atoms with Gasteiger partial charge in [-0.3, -0.25) is 9.69 Å². The lowest BCUT2D eigenvalue weighted by molar-refractivity contribution is -0.117. The molecule has 0 aliphatic heterocycles. The molecule has 0 saturated carbocycles. The highest BCUT2D eigenvalue weighted by atomic mass is 127. The number of nitrogens with zero attached hydrogens (tertiary/aromatic N) is 1. The van der Waals surface area contributed by atoms with Crippen LogP contribution in [-0.4, -0.2) is 42.2 Å². The zero-order valence-corrected chi connectivity index (χ0v) is 17.6. The molecule has 0 heterocycles. The fourth-order valence-corrected chi connectivity index (χ4v) is 5.62. The van der Waals surface area contributed by atoms with Gasteiger partial charge >= 0.3 is 0 Å². The topological polar surface area (TPSA) is 52.6 Å². The first-order valence-corrected chi connectivity index (χ1v) is 9.49. The van der Waals surface area contributed by atoms with Gasteiger partial charge in [-0.15, -0.1) is 0 Å². The molecule has 112 valence electrons. The van der Waals surface area contributed by atoms with Crippen LogP contribution in [0.15, 0.2) is 12.1 Å². The summed E-state index contributed by atoms with van der Waals surface area (Å²) in [6.45, 7) is 3.79. The minimum absolute atomic E-state index is 0.0380. The monoisotopic (exact) mass is 614 g/mol. The summed E-state index contributed by atoms with van der Waals surface area (Å²) < 4.78 is 3.23. The molecule has 4 nitrogen and oxygen atoms in total. The molecule has 0 saturated heterocycles. The van der Waals surface area contributed by atoms with Crippen molar-refractivity contribution in [2.75, 3.05) is 31.6 Å². The van der Waals surface area contributed by atoms with E-state index in [0.717, 1.165) is 29.4 Å². The molecule has 0 radical (unpaired) electrons. The van der Waals surface area contributed by atoms with E-state index in [1.54, 1.807) is 0 Å². The third-order valence-electron chi connectivity index (χ3n) is 2.59. The Morgan fingerprint density at radius 2 is 1.85 bits per heavy atom. The zero-order valence-electron chi connectivity index (χ0n) is 11.1. The Hall–Kier alpha value is 0.800. The average molecular weight is 614 g/mol. The number of aliphatic hydroxyl groups excluding tert-OH is 1. The molecule has 1 aromatic carbocycles. The van der Waals surface area contributed by atoms with Gasteiger partial charge in [-0.05, 0) is 92.9 Å². The maximum atomic E-state index is 12.1. The third-order valence-corrected chi connectivity index (χ3v) is 4.92. The normalized spacial score (nSPS) is 10.9. The number of aliphatic hydroxyl groups is 1. The Morgan fingerprint density at radius 3 is 2.35 bits per heavy atom. The Morgan fingerprint density at radius 1 is 1.25 bits per heavy atom. The van der Waals surface area contributed by atoms with E-state index in [2.05, 4.69) is 80.0 Å². The standard InChI is InChI=1S/C13H17I3N2O2/c1-2-3-18(4-5-19)8-12(20)17-13-10(15)6-9(14)7-11(13)16/h6-7,19H,2-5,8H2,1H3,(H,17,20). The molecule has 0 atom stereocenters. The molecule has 1 amide bonds. The first-order valence-electron chi connectivity index (χ1n) is 6.25. The number of amides is 1. The second-order valence-corrected chi connectivity index (χ2v) is 7.86. The number of hydrogen-bond donors (Lipinski definition) is 2. The molecule has 0 bridgehead atoms. The minimum atomic E-state index is -0.0380. The number of rotatable bonds is 7. The molecule has 0 aliphatic carbocycles. The van der Waals surface area contributed by atoms with Gasteiger partial charge in [0.1, 0.15) is 0 Å². The van der Waals surface area contributed by atoms with Crippen LogP contribution in [0.3, 0.4) is 0 Å². The van der Waals surface area contributed by atoms with Crippen molar-refractivity contribution in [3.8, 4) is 0 Å². The van der Waals surface area contributed by atoms with E-state index in [1.807, 2.05) is 17.0 Å². The van der Waals surface area contributed by atoms with Gasteiger partial charge in [-0.25, -0.2) is 0 Å². The van der Waals surface area contributed by atoms with Crippen LogP contribution in [0.4, 0.5) is 5.69 Å². The van der Waals surface area contributed by atoms with Crippen molar-refractivity contribution in [3.05, 3.63) is 22.8 Å². The van der Waals surface area contributed by atoms with Crippen LogP contribution in [0.2, 0.25) is 0 Å². The lowest BCUT2D eigenvalue weighted by atomic mass is 10.3. The number of nitrogens with one attached hydrogen (secondary N) is 1. The molecule has 0 unspecified atom stereocenters. The van der Waals surface area contributed by atoms with Crippen molar-refractivity contribution < 1.29 is 9.90 Å². The Labute approximate surface area is 160 Å². The Balaban J connectivity index is 2.70. The van der Waals surface area contributed by atoms with Gasteiger partial charge in [0.2, 0.25) is 5.91 Å². The number of benzene rings is 1. The van der Waals surface area contributed by atoms with Gasteiger partial charge in [0.25, 0.3) is 0 Å². The van der Waals surface area contributed by atoms with Crippen molar-refractivity contribution >= 4 is 79.4 Å². The number of anilines is 1. The van der Waals surface area contributed by atoms with Gasteiger partial charge in [0.05, 0.1) is 18.8 Å². The highest BCUT2D eigenvalue weighted by Gasteiger charge is 2.13. The number of hydrogen-bond acceptors (Lipinski definition) is 3. The molecule has 7 heteroatoms. The predicted molar refractivity (Wildman–Crippen MR) is 107 cm³/mol. The summed E-state index contributed by atoms with van der Waals surface area (Å²) in [6, 6.07) is 4.08. The summed E-state index contributed by atoms with van der Waals surface area (Å²) >= 11 is 6.73. The van der Waals surface area contributed by atoms with Crippen LogP contribution in [0, 0.1) is 10.7 Å². The minimum Gasteiger partial charge on any atom is -0.395 e. The molecule has 0 aromatic heterocycles. The van der Waals surface area contributed by atoms with Gasteiger partial charge in [-0.2, -0.15) is 0 Å². The summed E-state index contributed by atoms with van der Waals surface area (Å²) in [5.41, 5.74) is 0.872. The van der Waals surface area contributed by atoms with Crippen LogP contribution in [0.1, 0.15) is 13.3 Å². The second kappa shape index (κ2) is 9.74. The smallest absolute Gasteiger partial charge is 0.238 e. The SMILES string of the molecule is CCCN(CCO)CC(=O)Nc1c(I)cc(I)cc1I. The van der Waals surface area contributed by atoms with Crippen molar-refractivity contribution in [2.45, 2.75) is 13.3 Å². The maximum absolute atomic E-state index is 12.1. The van der Waals surface area contributed by atoms with Crippen molar-refractivity contribution in [3.63, 3.8) is 0 Å². The van der Waals surface area contributed by atoms with Crippen LogP contribution >= 0.6 is 67.8 Å². The first kappa shape index (κ1) is 18.8. The molecule has 2 N–H and O–H groups in total.